The molecule has 0 spiro atoms. The number of nitrogens with zero attached hydrogens (tertiary/aromatic N) is 2. The minimum Gasteiger partial charge on any atom is -0.497 e. The number of nitrogens with one attached hydrogen (secondary N) is 2. The molecule has 0 atom stereocenters. The average molecular weight is 413 g/mol. The highest BCUT2D eigenvalue weighted by Crippen LogP contribution is 2.27. The standard InChI is InChI=1S/C21H34F2N4O2/c1-4-6-11-27-12-9-17(10-13-27)26-21(24-5-2)25-15-16-7-8-18(28-3)14-19(16)29-20(22)23/h7-8,14,17,20H,4-6,9-13,15H2,1-3H3,(H2,24,25,26). The van der Waals surface area contributed by atoms with E-state index in [0.717, 1.165) is 32.5 Å². The van der Waals surface area contributed by atoms with Gasteiger partial charge in [-0.25, -0.2) is 4.99 Å². The Bertz CT molecular complexity index is 635. The lowest BCUT2D eigenvalue weighted by atomic mass is 10.0. The third-order valence-electron chi connectivity index (χ3n) is 5.00. The molecule has 2 rings (SSSR count). The van der Waals surface area contributed by atoms with Crippen molar-refractivity contribution in [2.45, 2.75) is 58.7 Å². The van der Waals surface area contributed by atoms with Crippen LogP contribution >= 0.6 is 0 Å². The molecule has 1 saturated heterocycles. The van der Waals surface area contributed by atoms with Crippen molar-refractivity contribution in [3.63, 3.8) is 0 Å². The molecular weight excluding hydrogens is 378 g/mol. The highest BCUT2D eigenvalue weighted by atomic mass is 19.3. The van der Waals surface area contributed by atoms with Gasteiger partial charge in [0.05, 0.1) is 13.7 Å². The van der Waals surface area contributed by atoms with Crippen LogP contribution < -0.4 is 20.1 Å². The van der Waals surface area contributed by atoms with Crippen LogP contribution in [0.4, 0.5) is 8.78 Å². The van der Waals surface area contributed by atoms with Gasteiger partial charge in [-0.2, -0.15) is 8.78 Å². The number of guanidine groups is 1. The Kier molecular flexibility index (Phi) is 9.97. The number of rotatable bonds is 10. The van der Waals surface area contributed by atoms with E-state index in [4.69, 9.17) is 4.74 Å². The number of benzene rings is 1. The molecule has 8 heteroatoms. The molecule has 1 aliphatic heterocycles. The van der Waals surface area contributed by atoms with Crippen molar-refractivity contribution in [1.82, 2.24) is 15.5 Å². The Morgan fingerprint density at radius 3 is 2.66 bits per heavy atom. The Morgan fingerprint density at radius 1 is 1.28 bits per heavy atom. The minimum absolute atomic E-state index is 0.0863. The number of aliphatic imine (C=N–C) groups is 1. The van der Waals surface area contributed by atoms with Crippen molar-refractivity contribution < 1.29 is 18.3 Å². The van der Waals surface area contributed by atoms with E-state index in [1.807, 2.05) is 6.92 Å². The SMILES string of the molecule is CCCCN1CCC(NC(=NCc2ccc(OC)cc2OC(F)F)NCC)CC1. The first-order chi connectivity index (χ1) is 14.0. The zero-order chi connectivity index (χ0) is 21.1. The van der Waals surface area contributed by atoms with Gasteiger partial charge >= 0.3 is 6.61 Å². The first-order valence-electron chi connectivity index (χ1n) is 10.4. The number of unbranched alkanes of at least 4 members (excludes halogenated alkanes) is 1. The molecule has 1 aromatic rings. The van der Waals surface area contributed by atoms with Crippen LogP contribution in [0.15, 0.2) is 23.2 Å². The van der Waals surface area contributed by atoms with Gasteiger partial charge in [0.25, 0.3) is 0 Å². The van der Waals surface area contributed by atoms with Crippen molar-refractivity contribution in [2.75, 3.05) is 33.3 Å². The smallest absolute Gasteiger partial charge is 0.387 e. The minimum atomic E-state index is -2.89. The van der Waals surface area contributed by atoms with Gasteiger partial charge in [-0.05, 0) is 44.9 Å². The lowest BCUT2D eigenvalue weighted by molar-refractivity contribution is -0.0505. The largest absolute Gasteiger partial charge is 0.497 e. The number of halogens is 2. The fourth-order valence-corrected chi connectivity index (χ4v) is 3.36. The van der Waals surface area contributed by atoms with Gasteiger partial charge in [-0.15, -0.1) is 0 Å². The number of methoxy groups -OCH3 is 1. The molecule has 0 aromatic heterocycles. The fraction of sp³-hybridized carbons (Fsp3) is 0.667. The van der Waals surface area contributed by atoms with Gasteiger partial charge in [0.1, 0.15) is 11.5 Å². The molecule has 6 nitrogen and oxygen atoms in total. The summed E-state index contributed by atoms with van der Waals surface area (Å²) in [4.78, 5) is 7.10. The van der Waals surface area contributed by atoms with E-state index in [2.05, 4.69) is 32.2 Å². The van der Waals surface area contributed by atoms with Crippen molar-refractivity contribution in [3.8, 4) is 11.5 Å². The third kappa shape index (κ3) is 8.04. The summed E-state index contributed by atoms with van der Waals surface area (Å²) in [7, 11) is 1.49. The van der Waals surface area contributed by atoms with Crippen LogP contribution in [-0.4, -0.2) is 56.8 Å². The van der Waals surface area contributed by atoms with Gasteiger partial charge in [0.2, 0.25) is 0 Å². The highest BCUT2D eigenvalue weighted by molar-refractivity contribution is 5.80. The van der Waals surface area contributed by atoms with Crippen molar-refractivity contribution in [3.05, 3.63) is 23.8 Å². The molecule has 164 valence electrons. The molecule has 0 saturated carbocycles. The normalized spacial score (nSPS) is 16.1. The number of hydrogen-bond acceptors (Lipinski definition) is 4. The van der Waals surface area contributed by atoms with Crippen molar-refractivity contribution in [1.29, 1.82) is 0 Å². The maximum Gasteiger partial charge on any atom is 0.387 e. The summed E-state index contributed by atoms with van der Waals surface area (Å²) < 4.78 is 35.2. The molecule has 1 fully saturated rings. The quantitative estimate of drug-likeness (QED) is 0.454. The molecule has 0 aliphatic carbocycles. The molecule has 0 amide bonds. The van der Waals surface area contributed by atoms with E-state index in [9.17, 15) is 8.78 Å². The maximum absolute atomic E-state index is 12.7. The Balaban J connectivity index is 1.98. The molecule has 1 aliphatic rings. The zero-order valence-electron chi connectivity index (χ0n) is 17.7. The molecule has 29 heavy (non-hydrogen) atoms. The van der Waals surface area contributed by atoms with Crippen LogP contribution in [0.25, 0.3) is 0 Å². The predicted octanol–water partition coefficient (Wildman–Crippen LogP) is 3.62. The Morgan fingerprint density at radius 2 is 2.03 bits per heavy atom. The van der Waals surface area contributed by atoms with E-state index in [0.29, 0.717) is 23.3 Å². The number of ether oxygens (including phenoxy) is 2. The molecular formula is C21H34F2N4O2. The second kappa shape index (κ2) is 12.5. The molecule has 0 radical (unpaired) electrons. The number of likely N-dealkylation sites (tertiary alicyclic amines) is 1. The lowest BCUT2D eigenvalue weighted by Gasteiger charge is -2.33. The maximum atomic E-state index is 12.7. The van der Waals surface area contributed by atoms with Gasteiger partial charge in [0.15, 0.2) is 5.96 Å². The van der Waals surface area contributed by atoms with Gasteiger partial charge in [-0.1, -0.05) is 13.3 Å². The molecule has 0 unspecified atom stereocenters. The summed E-state index contributed by atoms with van der Waals surface area (Å²) in [6.07, 6.45) is 4.60. The summed E-state index contributed by atoms with van der Waals surface area (Å²) in [6.45, 7) is 5.62. The third-order valence-corrected chi connectivity index (χ3v) is 5.00. The summed E-state index contributed by atoms with van der Waals surface area (Å²) in [5.41, 5.74) is 0.581. The van der Waals surface area contributed by atoms with E-state index < -0.39 is 6.61 Å². The predicted molar refractivity (Wildman–Crippen MR) is 112 cm³/mol. The van der Waals surface area contributed by atoms with E-state index in [-0.39, 0.29) is 12.3 Å². The van der Waals surface area contributed by atoms with Crippen LogP contribution in [0, 0.1) is 0 Å². The van der Waals surface area contributed by atoms with E-state index in [1.54, 1.807) is 12.1 Å². The lowest BCUT2D eigenvalue weighted by Crippen LogP contribution is -2.48. The second-order valence-electron chi connectivity index (χ2n) is 7.16. The van der Waals surface area contributed by atoms with Crippen molar-refractivity contribution in [2.24, 2.45) is 4.99 Å². The molecule has 0 bridgehead atoms. The fourth-order valence-electron chi connectivity index (χ4n) is 3.36. The summed E-state index contributed by atoms with van der Waals surface area (Å²) in [6, 6.07) is 5.24. The van der Waals surface area contributed by atoms with Gasteiger partial charge in [-0.3, -0.25) is 0 Å². The molecule has 1 heterocycles. The molecule has 1 aromatic carbocycles. The summed E-state index contributed by atoms with van der Waals surface area (Å²) in [5, 5.41) is 6.73. The zero-order valence-corrected chi connectivity index (χ0v) is 17.7. The van der Waals surface area contributed by atoms with Gasteiger partial charge < -0.3 is 25.0 Å². The number of hydrogen-bond donors (Lipinski definition) is 2. The topological polar surface area (TPSA) is 58.1 Å². The highest BCUT2D eigenvalue weighted by Gasteiger charge is 2.19. The monoisotopic (exact) mass is 412 g/mol. The average Bonchev–Trinajstić information content (AvgIpc) is 2.71. The van der Waals surface area contributed by atoms with Crippen LogP contribution in [0.2, 0.25) is 0 Å². The van der Waals surface area contributed by atoms with Crippen LogP contribution in [0.1, 0.15) is 45.1 Å². The Hall–Kier alpha value is -2.09. The summed E-state index contributed by atoms with van der Waals surface area (Å²) >= 11 is 0. The summed E-state index contributed by atoms with van der Waals surface area (Å²) in [5.74, 6) is 1.25. The van der Waals surface area contributed by atoms with E-state index >= 15 is 0 Å². The van der Waals surface area contributed by atoms with E-state index in [1.165, 1.54) is 32.6 Å². The first-order valence-corrected chi connectivity index (χ1v) is 10.4. The van der Waals surface area contributed by atoms with Gasteiger partial charge in [0, 0.05) is 37.3 Å². The second-order valence-corrected chi connectivity index (χ2v) is 7.16. The Labute approximate surface area is 172 Å². The van der Waals surface area contributed by atoms with Crippen LogP contribution in [0.3, 0.4) is 0 Å². The molecule has 2 N–H and O–H groups in total. The number of piperidine rings is 1. The first kappa shape index (κ1) is 23.2. The van der Waals surface area contributed by atoms with Crippen molar-refractivity contribution >= 4 is 5.96 Å². The van der Waals surface area contributed by atoms with Crippen LogP contribution in [0.5, 0.6) is 11.5 Å². The van der Waals surface area contributed by atoms with Crippen LogP contribution in [-0.2, 0) is 6.54 Å². The number of alkyl halides is 2.